The molecule has 0 bridgehead atoms. The molecule has 3 heteroatoms. The van der Waals surface area contributed by atoms with E-state index in [0.717, 1.165) is 11.8 Å². The van der Waals surface area contributed by atoms with E-state index in [1.165, 1.54) is 64.2 Å². The van der Waals surface area contributed by atoms with Gasteiger partial charge in [-0.1, -0.05) is 120 Å². The van der Waals surface area contributed by atoms with E-state index in [4.69, 9.17) is 0 Å². The zero-order valence-electron chi connectivity index (χ0n) is 25.1. The van der Waals surface area contributed by atoms with Crippen LogP contribution in [0.15, 0.2) is 48.5 Å². The first-order valence-electron chi connectivity index (χ1n) is 14.5. The fourth-order valence-electron chi connectivity index (χ4n) is 7.41. The summed E-state index contributed by atoms with van der Waals surface area (Å²) >= 11 is 0. The summed E-state index contributed by atoms with van der Waals surface area (Å²) in [5.41, 5.74) is 4.81. The Kier molecular flexibility index (Phi) is 15.3. The van der Waals surface area contributed by atoms with Crippen molar-refractivity contribution in [3.05, 3.63) is 59.7 Å². The Morgan fingerprint density at radius 2 is 0.757 bits per heavy atom. The molecule has 2 saturated carbocycles. The number of rotatable bonds is 6. The summed E-state index contributed by atoms with van der Waals surface area (Å²) in [7, 11) is 0. The fraction of sp³-hybridized carbons (Fsp3) is 0.706. The topological polar surface area (TPSA) is 0 Å². The molecule has 2 aromatic rings. The Morgan fingerprint density at radius 3 is 0.973 bits per heavy atom. The third kappa shape index (κ3) is 7.28. The van der Waals surface area contributed by atoms with E-state index in [1.807, 2.05) is 0 Å². The van der Waals surface area contributed by atoms with E-state index in [9.17, 15) is 0 Å². The Balaban J connectivity index is 0.000000648. The largest absolute Gasteiger partial charge is 4.00 e. The predicted octanol–water partition coefficient (Wildman–Crippen LogP) is 4.58. The summed E-state index contributed by atoms with van der Waals surface area (Å²) in [6, 6.07) is 18.3. The minimum atomic E-state index is 0. The van der Waals surface area contributed by atoms with E-state index < -0.39 is 0 Å². The van der Waals surface area contributed by atoms with E-state index in [2.05, 4.69) is 104 Å². The summed E-state index contributed by atoms with van der Waals surface area (Å²) in [4.78, 5) is 0. The second-order valence-corrected chi connectivity index (χ2v) is 13.4. The second-order valence-electron chi connectivity index (χ2n) is 13.4. The maximum atomic E-state index is 2.48. The van der Waals surface area contributed by atoms with Crippen molar-refractivity contribution in [3.8, 4) is 0 Å². The molecule has 0 spiro atoms. The average Bonchev–Trinajstić information content (AvgIpc) is 3.55. The maximum absolute atomic E-state index is 2.48. The molecule has 0 heterocycles. The summed E-state index contributed by atoms with van der Waals surface area (Å²) in [6.07, 6.45) is 14.0. The predicted molar refractivity (Wildman–Crippen MR) is 151 cm³/mol. The number of halogens is 2. The summed E-state index contributed by atoms with van der Waals surface area (Å²) in [5, 5.41) is 0. The van der Waals surface area contributed by atoms with Crippen LogP contribution in [0.1, 0.15) is 131 Å². The van der Waals surface area contributed by atoms with Crippen LogP contribution in [0.2, 0.25) is 0 Å². The van der Waals surface area contributed by atoms with Crippen LogP contribution in [-0.2, 0) is 37.0 Å². The third-order valence-corrected chi connectivity index (χ3v) is 11.2. The van der Waals surface area contributed by atoms with E-state index in [1.54, 1.807) is 11.1 Å². The van der Waals surface area contributed by atoms with Crippen molar-refractivity contribution in [1.29, 1.82) is 0 Å². The first-order valence-corrected chi connectivity index (χ1v) is 14.5. The van der Waals surface area contributed by atoms with Crippen molar-refractivity contribution in [3.63, 3.8) is 0 Å². The van der Waals surface area contributed by atoms with Gasteiger partial charge in [-0.15, -0.1) is 0 Å². The molecule has 208 valence electrons. The van der Waals surface area contributed by atoms with Gasteiger partial charge in [-0.25, -0.2) is 24.3 Å². The van der Waals surface area contributed by atoms with Gasteiger partial charge in [-0.2, -0.15) is 35.4 Å². The molecule has 2 aromatic carbocycles. The minimum Gasteiger partial charge on any atom is -1.00 e. The fourth-order valence-corrected chi connectivity index (χ4v) is 7.41. The normalized spacial score (nSPS) is 19.1. The Morgan fingerprint density at radius 1 is 0.514 bits per heavy atom. The van der Waals surface area contributed by atoms with E-state index >= 15 is 0 Å². The molecule has 0 aromatic heterocycles. The number of hydrogen-bond acceptors (Lipinski definition) is 0. The zero-order chi connectivity index (χ0) is 25.0. The van der Waals surface area contributed by atoms with Gasteiger partial charge >= 0.3 is 26.2 Å². The van der Waals surface area contributed by atoms with Gasteiger partial charge in [0.05, 0.1) is 0 Å². The SMILES string of the molecule is CC(C)C(C)(C)C1([c-]2cccc2)CCCCC1.CC(C)C(C)(C)C1([c-]2cccc2)CCCCC1.[Cl-].[Cl-].[Zr+4]. The van der Waals surface area contributed by atoms with Crippen molar-refractivity contribution >= 4 is 0 Å². The van der Waals surface area contributed by atoms with E-state index in [-0.39, 0.29) is 51.0 Å². The molecule has 2 fully saturated rings. The van der Waals surface area contributed by atoms with Gasteiger partial charge < -0.3 is 24.8 Å². The Bertz CT molecular complexity index is 758. The average molecular weight is 625 g/mol. The van der Waals surface area contributed by atoms with Crippen molar-refractivity contribution in [2.75, 3.05) is 0 Å². The van der Waals surface area contributed by atoms with Crippen LogP contribution < -0.4 is 24.8 Å². The Hall–Kier alpha value is 0.163. The molecule has 2 aliphatic rings. The van der Waals surface area contributed by atoms with Crippen molar-refractivity contribution in [2.24, 2.45) is 22.7 Å². The number of hydrogen-bond donors (Lipinski definition) is 0. The zero-order valence-corrected chi connectivity index (χ0v) is 29.1. The van der Waals surface area contributed by atoms with Crippen LogP contribution in [0, 0.1) is 22.7 Å². The van der Waals surface area contributed by atoms with Crippen molar-refractivity contribution in [2.45, 2.75) is 130 Å². The molecule has 0 saturated heterocycles. The van der Waals surface area contributed by atoms with Crippen LogP contribution >= 0.6 is 0 Å². The van der Waals surface area contributed by atoms with Gasteiger partial charge in [0, 0.05) is 0 Å². The second kappa shape index (κ2) is 15.2. The van der Waals surface area contributed by atoms with Crippen LogP contribution in [0.25, 0.3) is 0 Å². The monoisotopic (exact) mass is 622 g/mol. The molecule has 0 amide bonds. The molecule has 0 nitrogen and oxygen atoms in total. The van der Waals surface area contributed by atoms with Crippen molar-refractivity contribution < 1.29 is 51.0 Å². The molecule has 0 N–H and O–H groups in total. The molecule has 2 aliphatic carbocycles. The van der Waals surface area contributed by atoms with Gasteiger partial charge in [0.25, 0.3) is 0 Å². The van der Waals surface area contributed by atoms with Crippen LogP contribution in [-0.4, -0.2) is 0 Å². The van der Waals surface area contributed by atoms with Gasteiger partial charge in [0.2, 0.25) is 0 Å². The summed E-state index contributed by atoms with van der Waals surface area (Å²) in [5.74, 6) is 1.46. The maximum Gasteiger partial charge on any atom is 4.00 e. The third-order valence-electron chi connectivity index (χ3n) is 11.2. The van der Waals surface area contributed by atoms with Gasteiger partial charge in [-0.05, 0) is 33.5 Å². The molecular formula is C34H54Cl2Zr. The van der Waals surface area contributed by atoms with Crippen LogP contribution in [0.4, 0.5) is 0 Å². The summed E-state index contributed by atoms with van der Waals surface area (Å²) < 4.78 is 0. The molecule has 0 radical (unpaired) electrons. The van der Waals surface area contributed by atoms with Gasteiger partial charge in [0.15, 0.2) is 0 Å². The molecule has 0 unspecified atom stereocenters. The molecule has 0 atom stereocenters. The quantitative estimate of drug-likeness (QED) is 0.413. The smallest absolute Gasteiger partial charge is 1.00 e. The van der Waals surface area contributed by atoms with E-state index in [0.29, 0.717) is 21.7 Å². The van der Waals surface area contributed by atoms with Gasteiger partial charge in [0.1, 0.15) is 0 Å². The first kappa shape index (κ1) is 37.2. The molecule has 37 heavy (non-hydrogen) atoms. The van der Waals surface area contributed by atoms with Crippen LogP contribution in [0.3, 0.4) is 0 Å². The minimum absolute atomic E-state index is 0. The molecular weight excluding hydrogens is 571 g/mol. The first-order chi connectivity index (χ1) is 16.0. The van der Waals surface area contributed by atoms with Crippen LogP contribution in [0.5, 0.6) is 0 Å². The molecule has 4 rings (SSSR count). The van der Waals surface area contributed by atoms with Gasteiger partial charge in [-0.3, -0.25) is 0 Å². The Labute approximate surface area is 262 Å². The molecule has 0 aliphatic heterocycles. The van der Waals surface area contributed by atoms with Crippen molar-refractivity contribution in [1.82, 2.24) is 0 Å². The standard InChI is InChI=1S/2C17H27.2ClH.Zr/c2*1-14(2)16(3,4)17(12-8-5-9-13-17)15-10-6-7-11-15;;;/h2*6-7,10-11,14H,5,8-9,12-13H2,1-4H3;2*1H;/q2*-1;;;+4/p-2. The summed E-state index contributed by atoms with van der Waals surface area (Å²) in [6.45, 7) is 19.5.